The highest BCUT2D eigenvalue weighted by molar-refractivity contribution is 5.95. The van der Waals surface area contributed by atoms with Crippen LogP contribution in [0.25, 0.3) is 0 Å². The largest absolute Gasteiger partial charge is 0.497 e. The lowest BCUT2D eigenvalue weighted by Gasteiger charge is -2.18. The second-order valence-electron chi connectivity index (χ2n) is 5.84. The van der Waals surface area contributed by atoms with Crippen molar-refractivity contribution in [2.24, 2.45) is 0 Å². The van der Waals surface area contributed by atoms with Crippen molar-refractivity contribution in [2.75, 3.05) is 7.11 Å². The standard InChI is InChI=1S/C18H16F3NO2/c1-24-15-8-6-13(7-9-15)17(10-11-17)22-16(23)12-2-4-14(5-3-12)18(19,20)21/h2-9H,10-11H2,1H3,(H,22,23). The normalized spacial score (nSPS) is 15.7. The lowest BCUT2D eigenvalue weighted by atomic mass is 10.0. The second-order valence-corrected chi connectivity index (χ2v) is 5.84. The molecule has 3 nitrogen and oxygen atoms in total. The number of hydrogen-bond acceptors (Lipinski definition) is 2. The molecular weight excluding hydrogens is 319 g/mol. The van der Waals surface area contributed by atoms with Crippen LogP contribution in [-0.2, 0) is 11.7 Å². The maximum atomic E-state index is 12.6. The summed E-state index contributed by atoms with van der Waals surface area (Å²) in [5.74, 6) is 0.348. The Balaban J connectivity index is 1.74. The number of benzene rings is 2. The molecule has 0 aromatic heterocycles. The van der Waals surface area contributed by atoms with E-state index in [-0.39, 0.29) is 11.5 Å². The Morgan fingerprint density at radius 3 is 2.08 bits per heavy atom. The average molecular weight is 335 g/mol. The van der Waals surface area contributed by atoms with Gasteiger partial charge in [-0.3, -0.25) is 4.79 Å². The highest BCUT2D eigenvalue weighted by Crippen LogP contribution is 2.46. The van der Waals surface area contributed by atoms with Crippen molar-refractivity contribution in [1.82, 2.24) is 5.32 Å². The molecule has 0 aliphatic heterocycles. The number of carbonyl (C=O) groups excluding carboxylic acids is 1. The summed E-state index contributed by atoms with van der Waals surface area (Å²) in [6.45, 7) is 0. The summed E-state index contributed by atoms with van der Waals surface area (Å²) in [5, 5.41) is 2.93. The van der Waals surface area contributed by atoms with Gasteiger partial charge in [-0.2, -0.15) is 13.2 Å². The van der Waals surface area contributed by atoms with Gasteiger partial charge in [-0.05, 0) is 54.8 Å². The molecule has 1 N–H and O–H groups in total. The van der Waals surface area contributed by atoms with Gasteiger partial charge in [0.05, 0.1) is 18.2 Å². The van der Waals surface area contributed by atoms with Crippen molar-refractivity contribution in [1.29, 1.82) is 0 Å². The van der Waals surface area contributed by atoms with Crippen LogP contribution in [0.15, 0.2) is 48.5 Å². The molecule has 0 bridgehead atoms. The van der Waals surface area contributed by atoms with E-state index < -0.39 is 17.3 Å². The van der Waals surface area contributed by atoms with Gasteiger partial charge in [-0.1, -0.05) is 12.1 Å². The molecule has 0 unspecified atom stereocenters. The van der Waals surface area contributed by atoms with Crippen molar-refractivity contribution < 1.29 is 22.7 Å². The Morgan fingerprint density at radius 1 is 1.04 bits per heavy atom. The predicted molar refractivity (Wildman–Crippen MR) is 82.8 cm³/mol. The van der Waals surface area contributed by atoms with E-state index in [4.69, 9.17) is 4.74 Å². The maximum Gasteiger partial charge on any atom is 0.416 e. The minimum atomic E-state index is -4.41. The molecule has 0 radical (unpaired) electrons. The zero-order valence-corrected chi connectivity index (χ0v) is 13.0. The van der Waals surface area contributed by atoms with Crippen LogP contribution < -0.4 is 10.1 Å². The van der Waals surface area contributed by atoms with E-state index >= 15 is 0 Å². The van der Waals surface area contributed by atoms with E-state index in [2.05, 4.69) is 5.32 Å². The third-order valence-electron chi connectivity index (χ3n) is 4.22. The first kappa shape index (κ1) is 16.4. The average Bonchev–Trinajstić information content (AvgIpc) is 3.35. The number of hydrogen-bond donors (Lipinski definition) is 1. The lowest BCUT2D eigenvalue weighted by molar-refractivity contribution is -0.137. The number of halogens is 3. The highest BCUT2D eigenvalue weighted by Gasteiger charge is 2.45. The third-order valence-corrected chi connectivity index (χ3v) is 4.22. The van der Waals surface area contributed by atoms with E-state index in [9.17, 15) is 18.0 Å². The predicted octanol–water partition coefficient (Wildman–Crippen LogP) is 4.13. The number of methoxy groups -OCH3 is 1. The molecule has 0 heterocycles. The van der Waals surface area contributed by atoms with Crippen LogP contribution in [-0.4, -0.2) is 13.0 Å². The van der Waals surface area contributed by atoms with E-state index in [1.165, 1.54) is 12.1 Å². The van der Waals surface area contributed by atoms with Gasteiger partial charge in [0.1, 0.15) is 5.75 Å². The van der Waals surface area contributed by atoms with Crippen LogP contribution in [0.4, 0.5) is 13.2 Å². The van der Waals surface area contributed by atoms with Crippen molar-refractivity contribution in [3.05, 3.63) is 65.2 Å². The van der Waals surface area contributed by atoms with Crippen LogP contribution >= 0.6 is 0 Å². The van der Waals surface area contributed by atoms with Crippen molar-refractivity contribution >= 4 is 5.91 Å². The number of carbonyl (C=O) groups is 1. The van der Waals surface area contributed by atoms with E-state index in [0.29, 0.717) is 0 Å². The van der Waals surface area contributed by atoms with Gasteiger partial charge in [0.15, 0.2) is 0 Å². The molecule has 1 amide bonds. The molecule has 2 aromatic rings. The molecule has 24 heavy (non-hydrogen) atoms. The molecule has 3 rings (SSSR count). The monoisotopic (exact) mass is 335 g/mol. The van der Waals surface area contributed by atoms with E-state index in [1.807, 2.05) is 24.3 Å². The summed E-state index contributed by atoms with van der Waals surface area (Å²) < 4.78 is 42.8. The fourth-order valence-electron chi connectivity index (χ4n) is 2.62. The number of nitrogens with one attached hydrogen (secondary N) is 1. The van der Waals surface area contributed by atoms with Gasteiger partial charge in [-0.25, -0.2) is 0 Å². The summed E-state index contributed by atoms with van der Waals surface area (Å²) in [5.41, 5.74) is -0.0341. The number of ether oxygens (including phenoxy) is 1. The Kier molecular flexibility index (Phi) is 3.99. The van der Waals surface area contributed by atoms with Gasteiger partial charge in [0.2, 0.25) is 0 Å². The molecule has 1 aliphatic rings. The second kappa shape index (κ2) is 5.85. The van der Waals surface area contributed by atoms with Gasteiger partial charge in [0, 0.05) is 5.56 Å². The molecule has 0 atom stereocenters. The van der Waals surface area contributed by atoms with Crippen LogP contribution in [0.5, 0.6) is 5.75 Å². The first-order valence-electron chi connectivity index (χ1n) is 7.48. The molecule has 1 aliphatic carbocycles. The zero-order valence-electron chi connectivity index (χ0n) is 13.0. The highest BCUT2D eigenvalue weighted by atomic mass is 19.4. The Morgan fingerprint density at radius 2 is 1.62 bits per heavy atom. The molecule has 6 heteroatoms. The summed E-state index contributed by atoms with van der Waals surface area (Å²) in [7, 11) is 1.58. The van der Waals surface area contributed by atoms with Crippen molar-refractivity contribution in [3.63, 3.8) is 0 Å². The summed E-state index contributed by atoms with van der Waals surface area (Å²) in [6.07, 6.45) is -2.81. The lowest BCUT2D eigenvalue weighted by Crippen LogP contribution is -2.34. The topological polar surface area (TPSA) is 38.3 Å². The minimum Gasteiger partial charge on any atom is -0.497 e. The number of rotatable bonds is 4. The number of amides is 1. The van der Waals surface area contributed by atoms with Crippen LogP contribution in [0.2, 0.25) is 0 Å². The molecule has 0 saturated heterocycles. The Labute approximate surface area is 137 Å². The minimum absolute atomic E-state index is 0.211. The molecule has 126 valence electrons. The number of alkyl halides is 3. The molecular formula is C18H16F3NO2. The fraction of sp³-hybridized carbons (Fsp3) is 0.278. The SMILES string of the molecule is COc1ccc(C2(NC(=O)c3ccc(C(F)(F)F)cc3)CC2)cc1. The van der Waals surface area contributed by atoms with E-state index in [0.717, 1.165) is 36.3 Å². The van der Waals surface area contributed by atoms with E-state index in [1.54, 1.807) is 7.11 Å². The Bertz CT molecular complexity index is 732. The van der Waals surface area contributed by atoms with Crippen molar-refractivity contribution in [3.8, 4) is 5.75 Å². The molecule has 1 saturated carbocycles. The third kappa shape index (κ3) is 3.22. The van der Waals surface area contributed by atoms with Gasteiger partial charge < -0.3 is 10.1 Å². The van der Waals surface area contributed by atoms with Gasteiger partial charge in [0.25, 0.3) is 5.91 Å². The van der Waals surface area contributed by atoms with Crippen LogP contribution in [0.1, 0.15) is 34.3 Å². The summed E-state index contributed by atoms with van der Waals surface area (Å²) >= 11 is 0. The summed E-state index contributed by atoms with van der Waals surface area (Å²) in [6, 6.07) is 11.6. The Hall–Kier alpha value is -2.50. The first-order valence-corrected chi connectivity index (χ1v) is 7.48. The first-order chi connectivity index (χ1) is 11.3. The van der Waals surface area contributed by atoms with Gasteiger partial charge in [-0.15, -0.1) is 0 Å². The quantitative estimate of drug-likeness (QED) is 0.912. The molecule has 0 spiro atoms. The smallest absolute Gasteiger partial charge is 0.416 e. The molecule has 1 fully saturated rings. The van der Waals surface area contributed by atoms with Crippen molar-refractivity contribution in [2.45, 2.75) is 24.6 Å². The van der Waals surface area contributed by atoms with Crippen LogP contribution in [0, 0.1) is 0 Å². The molecule has 2 aromatic carbocycles. The van der Waals surface area contributed by atoms with Crippen LogP contribution in [0.3, 0.4) is 0 Å². The summed E-state index contributed by atoms with van der Waals surface area (Å²) in [4.78, 5) is 12.3. The maximum absolute atomic E-state index is 12.6. The fourth-order valence-corrected chi connectivity index (χ4v) is 2.62. The van der Waals surface area contributed by atoms with Gasteiger partial charge >= 0.3 is 6.18 Å². The zero-order chi connectivity index (χ0) is 17.4.